The Morgan fingerprint density at radius 1 is 1.14 bits per heavy atom. The van der Waals surface area contributed by atoms with Gasteiger partial charge in [-0.15, -0.1) is 0 Å². The Kier molecular flexibility index (Phi) is 5.24. The van der Waals surface area contributed by atoms with Gasteiger partial charge in [0.15, 0.2) is 0 Å². The Morgan fingerprint density at radius 2 is 1.90 bits per heavy atom. The van der Waals surface area contributed by atoms with Crippen molar-refractivity contribution in [1.82, 2.24) is 0 Å². The van der Waals surface area contributed by atoms with E-state index in [-0.39, 0.29) is 18.1 Å². The van der Waals surface area contributed by atoms with Gasteiger partial charge in [0.1, 0.15) is 0 Å². The summed E-state index contributed by atoms with van der Waals surface area (Å²) in [5.74, 6) is 0.0581. The second-order valence-corrected chi connectivity index (χ2v) is 5.92. The third-order valence-electron chi connectivity index (χ3n) is 2.80. The summed E-state index contributed by atoms with van der Waals surface area (Å²) in [6, 6.07) is 17.8. The quantitative estimate of drug-likeness (QED) is 0.922. The first-order valence-electron chi connectivity index (χ1n) is 6.42. The van der Waals surface area contributed by atoms with Crippen LogP contribution in [-0.2, 0) is 15.6 Å². The Hall–Kier alpha value is -2.45. The van der Waals surface area contributed by atoms with Crippen molar-refractivity contribution in [2.24, 2.45) is 0 Å². The number of rotatable bonds is 5. The normalized spacial score (nSPS) is 11.4. The van der Waals surface area contributed by atoms with Crippen LogP contribution in [0.15, 0.2) is 59.5 Å². The zero-order valence-corrected chi connectivity index (χ0v) is 12.1. The Bertz CT molecular complexity index is 693. The highest BCUT2D eigenvalue weighted by molar-refractivity contribution is 7.85. The highest BCUT2D eigenvalue weighted by atomic mass is 32.2. The standard InChI is InChI=1S/C16H14N2O2S/c17-12-13-5-4-6-14(11-13)18-16(19)9-10-21(20)15-7-2-1-3-8-15/h1-8,11H,9-10H2,(H,18,19). The molecule has 0 heterocycles. The van der Waals surface area contributed by atoms with Gasteiger partial charge in [0.25, 0.3) is 0 Å². The SMILES string of the molecule is N#Cc1cccc(NC(=O)CCS(=O)c2ccccc2)c1. The Balaban J connectivity index is 1.88. The van der Waals surface area contributed by atoms with Crippen molar-refractivity contribution in [2.45, 2.75) is 11.3 Å². The average Bonchev–Trinajstić information content (AvgIpc) is 2.53. The van der Waals surface area contributed by atoms with E-state index < -0.39 is 10.8 Å². The minimum Gasteiger partial charge on any atom is -0.326 e. The maximum absolute atomic E-state index is 12.0. The summed E-state index contributed by atoms with van der Waals surface area (Å²) >= 11 is 0. The van der Waals surface area contributed by atoms with Gasteiger partial charge in [-0.3, -0.25) is 9.00 Å². The molecule has 2 aromatic rings. The van der Waals surface area contributed by atoms with Crippen LogP contribution in [0.1, 0.15) is 12.0 Å². The van der Waals surface area contributed by atoms with Crippen molar-refractivity contribution in [2.75, 3.05) is 11.1 Å². The third-order valence-corrected chi connectivity index (χ3v) is 4.17. The molecule has 106 valence electrons. The van der Waals surface area contributed by atoms with E-state index in [1.807, 2.05) is 24.3 Å². The van der Waals surface area contributed by atoms with Gasteiger partial charge in [0, 0.05) is 22.8 Å². The molecular formula is C16H14N2O2S. The fourth-order valence-electron chi connectivity index (χ4n) is 1.77. The monoisotopic (exact) mass is 298 g/mol. The van der Waals surface area contributed by atoms with Crippen LogP contribution < -0.4 is 5.32 Å². The molecule has 0 aliphatic heterocycles. The number of anilines is 1. The van der Waals surface area contributed by atoms with E-state index in [1.54, 1.807) is 36.4 Å². The molecule has 2 aromatic carbocycles. The van der Waals surface area contributed by atoms with Crippen molar-refractivity contribution in [1.29, 1.82) is 5.26 Å². The molecule has 0 aromatic heterocycles. The average molecular weight is 298 g/mol. The van der Waals surface area contributed by atoms with E-state index in [4.69, 9.17) is 5.26 Å². The van der Waals surface area contributed by atoms with Gasteiger partial charge in [0.2, 0.25) is 5.91 Å². The number of nitrogens with one attached hydrogen (secondary N) is 1. The van der Waals surface area contributed by atoms with Gasteiger partial charge in [-0.05, 0) is 30.3 Å². The molecule has 4 nitrogen and oxygen atoms in total. The molecule has 0 saturated carbocycles. The molecule has 0 saturated heterocycles. The third kappa shape index (κ3) is 4.55. The van der Waals surface area contributed by atoms with Crippen molar-refractivity contribution in [3.8, 4) is 6.07 Å². The van der Waals surface area contributed by atoms with Crippen molar-refractivity contribution < 1.29 is 9.00 Å². The van der Waals surface area contributed by atoms with Crippen LogP contribution in [0.4, 0.5) is 5.69 Å². The zero-order valence-electron chi connectivity index (χ0n) is 11.3. The van der Waals surface area contributed by atoms with Crippen LogP contribution in [0.5, 0.6) is 0 Å². The summed E-state index contributed by atoms with van der Waals surface area (Å²) in [5.41, 5.74) is 1.06. The van der Waals surface area contributed by atoms with Gasteiger partial charge in [-0.1, -0.05) is 24.3 Å². The van der Waals surface area contributed by atoms with Gasteiger partial charge >= 0.3 is 0 Å². The topological polar surface area (TPSA) is 70.0 Å². The molecule has 0 fully saturated rings. The molecule has 0 spiro atoms. The molecule has 1 N–H and O–H groups in total. The predicted molar refractivity (Wildman–Crippen MR) is 82.1 cm³/mol. The summed E-state index contributed by atoms with van der Waals surface area (Å²) < 4.78 is 12.0. The number of nitrogens with zero attached hydrogens (tertiary/aromatic N) is 1. The number of nitriles is 1. The van der Waals surface area contributed by atoms with Crippen LogP contribution in [0.3, 0.4) is 0 Å². The molecule has 0 bridgehead atoms. The fraction of sp³-hybridized carbons (Fsp3) is 0.125. The molecule has 0 aliphatic carbocycles. The van der Waals surface area contributed by atoms with E-state index in [1.165, 1.54) is 0 Å². The van der Waals surface area contributed by atoms with E-state index in [0.29, 0.717) is 11.3 Å². The van der Waals surface area contributed by atoms with Gasteiger partial charge < -0.3 is 5.32 Å². The molecular weight excluding hydrogens is 284 g/mol. The van der Waals surface area contributed by atoms with Crippen molar-refractivity contribution >= 4 is 22.4 Å². The minimum absolute atomic E-state index is 0.165. The molecule has 5 heteroatoms. The van der Waals surface area contributed by atoms with E-state index >= 15 is 0 Å². The minimum atomic E-state index is -1.18. The van der Waals surface area contributed by atoms with Crippen molar-refractivity contribution in [3.63, 3.8) is 0 Å². The van der Waals surface area contributed by atoms with Crippen LogP contribution >= 0.6 is 0 Å². The predicted octanol–water partition coefficient (Wildman–Crippen LogP) is 2.69. The highest BCUT2D eigenvalue weighted by Crippen LogP contribution is 2.11. The van der Waals surface area contributed by atoms with Gasteiger partial charge in [0.05, 0.1) is 22.4 Å². The number of hydrogen-bond donors (Lipinski definition) is 1. The maximum atomic E-state index is 12.0. The lowest BCUT2D eigenvalue weighted by molar-refractivity contribution is -0.115. The second kappa shape index (κ2) is 7.36. The molecule has 1 atom stereocenters. The number of amides is 1. The number of hydrogen-bond acceptors (Lipinski definition) is 3. The molecule has 2 rings (SSSR count). The first-order valence-corrected chi connectivity index (χ1v) is 7.74. The van der Waals surface area contributed by atoms with E-state index in [9.17, 15) is 9.00 Å². The van der Waals surface area contributed by atoms with Crippen LogP contribution in [-0.4, -0.2) is 15.9 Å². The zero-order chi connectivity index (χ0) is 15.1. The van der Waals surface area contributed by atoms with Crippen molar-refractivity contribution in [3.05, 3.63) is 60.2 Å². The van der Waals surface area contributed by atoms with Gasteiger partial charge in [-0.25, -0.2) is 0 Å². The smallest absolute Gasteiger partial charge is 0.225 e. The lowest BCUT2D eigenvalue weighted by Gasteiger charge is -2.05. The number of benzene rings is 2. The van der Waals surface area contributed by atoms with Gasteiger partial charge in [-0.2, -0.15) is 5.26 Å². The summed E-state index contributed by atoms with van der Waals surface area (Å²) in [5, 5.41) is 11.5. The molecule has 1 unspecified atom stereocenters. The maximum Gasteiger partial charge on any atom is 0.225 e. The summed E-state index contributed by atoms with van der Waals surface area (Å²) in [7, 11) is -1.18. The highest BCUT2D eigenvalue weighted by Gasteiger charge is 2.08. The number of carbonyl (C=O) groups is 1. The molecule has 0 radical (unpaired) electrons. The Labute approximate surface area is 125 Å². The molecule has 0 aliphatic rings. The summed E-state index contributed by atoms with van der Waals surface area (Å²) in [6.07, 6.45) is 0.165. The van der Waals surface area contributed by atoms with E-state index in [0.717, 1.165) is 4.90 Å². The lowest BCUT2D eigenvalue weighted by atomic mass is 10.2. The first kappa shape index (κ1) is 14.9. The lowest BCUT2D eigenvalue weighted by Crippen LogP contribution is -2.15. The van der Waals surface area contributed by atoms with Crippen LogP contribution in [0, 0.1) is 11.3 Å². The van der Waals surface area contributed by atoms with E-state index in [2.05, 4.69) is 5.32 Å². The summed E-state index contributed by atoms with van der Waals surface area (Å²) in [6.45, 7) is 0. The first-order chi connectivity index (χ1) is 10.2. The molecule has 21 heavy (non-hydrogen) atoms. The molecule has 1 amide bonds. The number of carbonyl (C=O) groups excluding carboxylic acids is 1. The van der Waals surface area contributed by atoms with Crippen LogP contribution in [0.25, 0.3) is 0 Å². The Morgan fingerprint density at radius 3 is 2.62 bits per heavy atom. The van der Waals surface area contributed by atoms with Crippen LogP contribution in [0.2, 0.25) is 0 Å². The largest absolute Gasteiger partial charge is 0.326 e. The second-order valence-electron chi connectivity index (χ2n) is 4.35. The fourth-order valence-corrected chi connectivity index (χ4v) is 2.83. The summed E-state index contributed by atoms with van der Waals surface area (Å²) in [4.78, 5) is 12.5.